The van der Waals surface area contributed by atoms with Crippen molar-refractivity contribution in [3.8, 4) is 0 Å². The Morgan fingerprint density at radius 1 is 1.04 bits per heavy atom. The Kier molecular flexibility index (Phi) is 6.26. The molecule has 1 aromatic carbocycles. The number of hydrogen-bond acceptors (Lipinski definition) is 2. The van der Waals surface area contributed by atoms with Crippen LogP contribution in [-0.4, -0.2) is 29.8 Å². The minimum atomic E-state index is -0.0119. The van der Waals surface area contributed by atoms with Crippen LogP contribution in [0.15, 0.2) is 35.9 Å². The molecule has 134 valence electrons. The second-order valence-electron chi connectivity index (χ2n) is 7.04. The summed E-state index contributed by atoms with van der Waals surface area (Å²) in [5.74, 6) is 0.0711. The third kappa shape index (κ3) is 5.18. The average molecular weight is 340 g/mol. The molecule has 0 atom stereocenters. The first-order valence-electron chi connectivity index (χ1n) is 9.51. The summed E-state index contributed by atoms with van der Waals surface area (Å²) in [6.45, 7) is 2.12. The molecule has 3 rings (SSSR count). The Balaban J connectivity index is 1.36. The molecule has 2 amide bonds. The number of hydrogen-bond donors (Lipinski definition) is 1. The van der Waals surface area contributed by atoms with E-state index in [2.05, 4.69) is 23.5 Å². The number of benzene rings is 1. The zero-order valence-electron chi connectivity index (χ0n) is 14.9. The Labute approximate surface area is 150 Å². The van der Waals surface area contributed by atoms with E-state index in [1.807, 2.05) is 17.0 Å². The summed E-state index contributed by atoms with van der Waals surface area (Å²) in [5.41, 5.74) is 4.03. The third-order valence-electron chi connectivity index (χ3n) is 5.20. The molecular formula is C21H28N2O2. The lowest BCUT2D eigenvalue weighted by molar-refractivity contribution is -0.134. The SMILES string of the molecule is O=C(CCC(=O)N1CCc2ccccc2C1)NCCC1=CCCCC1. The van der Waals surface area contributed by atoms with Crippen LogP contribution in [-0.2, 0) is 22.6 Å². The number of nitrogens with one attached hydrogen (secondary N) is 1. The summed E-state index contributed by atoms with van der Waals surface area (Å²) in [4.78, 5) is 26.2. The highest BCUT2D eigenvalue weighted by atomic mass is 16.2. The fraction of sp³-hybridized carbons (Fsp3) is 0.524. The van der Waals surface area contributed by atoms with E-state index in [4.69, 9.17) is 0 Å². The zero-order valence-corrected chi connectivity index (χ0v) is 14.9. The van der Waals surface area contributed by atoms with Crippen molar-refractivity contribution in [1.29, 1.82) is 0 Å². The molecule has 4 nitrogen and oxygen atoms in total. The van der Waals surface area contributed by atoms with E-state index in [1.165, 1.54) is 42.4 Å². The van der Waals surface area contributed by atoms with Gasteiger partial charge in [0.25, 0.3) is 0 Å². The van der Waals surface area contributed by atoms with Crippen molar-refractivity contribution in [2.45, 2.75) is 57.9 Å². The molecule has 1 aliphatic carbocycles. The number of amides is 2. The molecule has 0 saturated heterocycles. The molecule has 25 heavy (non-hydrogen) atoms. The number of carbonyl (C=O) groups is 2. The molecule has 0 fully saturated rings. The van der Waals surface area contributed by atoms with Crippen LogP contribution in [0.1, 0.15) is 56.1 Å². The maximum Gasteiger partial charge on any atom is 0.223 e. The predicted octanol–water partition coefficient (Wildman–Crippen LogP) is 3.36. The smallest absolute Gasteiger partial charge is 0.223 e. The van der Waals surface area contributed by atoms with Crippen molar-refractivity contribution >= 4 is 11.8 Å². The van der Waals surface area contributed by atoms with Gasteiger partial charge in [0.05, 0.1) is 0 Å². The van der Waals surface area contributed by atoms with Gasteiger partial charge in [0.15, 0.2) is 0 Å². The van der Waals surface area contributed by atoms with Crippen LogP contribution in [0, 0.1) is 0 Å². The van der Waals surface area contributed by atoms with Gasteiger partial charge in [0.1, 0.15) is 0 Å². The number of rotatable bonds is 6. The Morgan fingerprint density at radius 3 is 2.68 bits per heavy atom. The van der Waals surface area contributed by atoms with Gasteiger partial charge in [-0.05, 0) is 49.7 Å². The average Bonchev–Trinajstić information content (AvgIpc) is 2.66. The minimum absolute atomic E-state index is 0.0119. The molecule has 1 aromatic rings. The van der Waals surface area contributed by atoms with E-state index in [0.717, 1.165) is 19.4 Å². The monoisotopic (exact) mass is 340 g/mol. The van der Waals surface area contributed by atoms with Gasteiger partial charge in [-0.1, -0.05) is 35.9 Å². The van der Waals surface area contributed by atoms with Crippen LogP contribution < -0.4 is 5.32 Å². The topological polar surface area (TPSA) is 49.4 Å². The van der Waals surface area contributed by atoms with Crippen molar-refractivity contribution < 1.29 is 9.59 Å². The van der Waals surface area contributed by atoms with Gasteiger partial charge < -0.3 is 10.2 Å². The van der Waals surface area contributed by atoms with Crippen molar-refractivity contribution in [2.75, 3.05) is 13.1 Å². The molecule has 0 saturated carbocycles. The van der Waals surface area contributed by atoms with Crippen LogP contribution in [0.25, 0.3) is 0 Å². The molecule has 0 aromatic heterocycles. The highest BCUT2D eigenvalue weighted by molar-refractivity contribution is 5.83. The maximum absolute atomic E-state index is 12.4. The Bertz CT molecular complexity index is 651. The first-order chi connectivity index (χ1) is 12.2. The number of allylic oxidation sites excluding steroid dienone is 1. The van der Waals surface area contributed by atoms with E-state index in [9.17, 15) is 9.59 Å². The molecule has 0 spiro atoms. The van der Waals surface area contributed by atoms with Crippen LogP contribution in [0.4, 0.5) is 0 Å². The van der Waals surface area contributed by atoms with Gasteiger partial charge in [0, 0.05) is 32.5 Å². The van der Waals surface area contributed by atoms with E-state index >= 15 is 0 Å². The zero-order chi connectivity index (χ0) is 17.5. The van der Waals surface area contributed by atoms with Crippen molar-refractivity contribution in [1.82, 2.24) is 10.2 Å². The van der Waals surface area contributed by atoms with Gasteiger partial charge in [-0.3, -0.25) is 9.59 Å². The molecule has 2 aliphatic rings. The van der Waals surface area contributed by atoms with Crippen LogP contribution in [0.5, 0.6) is 0 Å². The van der Waals surface area contributed by atoms with Gasteiger partial charge >= 0.3 is 0 Å². The molecule has 1 N–H and O–H groups in total. The summed E-state index contributed by atoms with van der Waals surface area (Å²) >= 11 is 0. The highest BCUT2D eigenvalue weighted by Gasteiger charge is 2.20. The molecule has 1 heterocycles. The van der Waals surface area contributed by atoms with E-state index < -0.39 is 0 Å². The van der Waals surface area contributed by atoms with Crippen molar-refractivity contribution in [3.63, 3.8) is 0 Å². The van der Waals surface area contributed by atoms with Gasteiger partial charge in [-0.25, -0.2) is 0 Å². The first-order valence-corrected chi connectivity index (χ1v) is 9.51. The number of nitrogens with zero attached hydrogens (tertiary/aromatic N) is 1. The lowest BCUT2D eigenvalue weighted by Gasteiger charge is -2.28. The second kappa shape index (κ2) is 8.84. The number of carbonyl (C=O) groups excluding carboxylic acids is 2. The molecular weight excluding hydrogens is 312 g/mol. The fourth-order valence-corrected chi connectivity index (χ4v) is 3.67. The third-order valence-corrected chi connectivity index (χ3v) is 5.20. The predicted molar refractivity (Wildman–Crippen MR) is 99.0 cm³/mol. The Morgan fingerprint density at radius 2 is 1.88 bits per heavy atom. The lowest BCUT2D eigenvalue weighted by atomic mass is 9.97. The van der Waals surface area contributed by atoms with Crippen LogP contribution in [0.3, 0.4) is 0 Å². The van der Waals surface area contributed by atoms with Gasteiger partial charge in [-0.2, -0.15) is 0 Å². The minimum Gasteiger partial charge on any atom is -0.356 e. The molecule has 0 radical (unpaired) electrons. The van der Waals surface area contributed by atoms with Crippen molar-refractivity contribution in [3.05, 3.63) is 47.0 Å². The maximum atomic E-state index is 12.4. The molecule has 0 bridgehead atoms. The summed E-state index contributed by atoms with van der Waals surface area (Å²) < 4.78 is 0. The van der Waals surface area contributed by atoms with E-state index in [-0.39, 0.29) is 18.2 Å². The highest BCUT2D eigenvalue weighted by Crippen LogP contribution is 2.20. The van der Waals surface area contributed by atoms with E-state index in [0.29, 0.717) is 19.5 Å². The molecule has 0 unspecified atom stereocenters. The largest absolute Gasteiger partial charge is 0.356 e. The normalized spacial score (nSPS) is 16.8. The summed E-state index contributed by atoms with van der Waals surface area (Å²) in [6.07, 6.45) is 9.67. The van der Waals surface area contributed by atoms with Crippen LogP contribution in [0.2, 0.25) is 0 Å². The quantitative estimate of drug-likeness (QED) is 0.807. The lowest BCUT2D eigenvalue weighted by Crippen LogP contribution is -2.36. The molecule has 1 aliphatic heterocycles. The van der Waals surface area contributed by atoms with E-state index in [1.54, 1.807) is 0 Å². The van der Waals surface area contributed by atoms with Crippen molar-refractivity contribution in [2.24, 2.45) is 0 Å². The summed E-state index contributed by atoms with van der Waals surface area (Å²) in [6, 6.07) is 8.28. The Hall–Kier alpha value is -2.10. The van der Waals surface area contributed by atoms with Gasteiger partial charge in [-0.15, -0.1) is 0 Å². The molecule has 4 heteroatoms. The summed E-state index contributed by atoms with van der Waals surface area (Å²) in [5, 5.41) is 2.95. The fourth-order valence-electron chi connectivity index (χ4n) is 3.67. The standard InChI is InChI=1S/C21H28N2O2/c24-20(22-14-12-17-6-2-1-3-7-17)10-11-21(25)23-15-13-18-8-4-5-9-19(18)16-23/h4-6,8-9H,1-3,7,10-16H2,(H,22,24). The number of fused-ring (bicyclic) bond motifs is 1. The van der Waals surface area contributed by atoms with Gasteiger partial charge in [0.2, 0.25) is 11.8 Å². The summed E-state index contributed by atoms with van der Waals surface area (Å²) in [7, 11) is 0. The first kappa shape index (κ1) is 17.7. The van der Waals surface area contributed by atoms with Crippen LogP contribution >= 0.6 is 0 Å². The second-order valence-corrected chi connectivity index (χ2v) is 7.04.